The summed E-state index contributed by atoms with van der Waals surface area (Å²) < 4.78 is 7.22. The molecule has 1 N–H and O–H groups in total. The van der Waals surface area contributed by atoms with Crippen LogP contribution in [0.2, 0.25) is 5.02 Å². The maximum Gasteiger partial charge on any atom is 0.249 e. The van der Waals surface area contributed by atoms with Crippen molar-refractivity contribution in [1.29, 1.82) is 0 Å². The summed E-state index contributed by atoms with van der Waals surface area (Å²) in [6.07, 6.45) is 0.726. The molecule has 3 rings (SSSR count). The Kier molecular flexibility index (Phi) is 9.07. The van der Waals surface area contributed by atoms with Gasteiger partial charge in [-0.05, 0) is 24.1 Å². The molecule has 1 heterocycles. The van der Waals surface area contributed by atoms with Crippen LogP contribution in [0.1, 0.15) is 45.4 Å². The van der Waals surface area contributed by atoms with Gasteiger partial charge in [-0.2, -0.15) is 5.10 Å². The van der Waals surface area contributed by atoms with E-state index < -0.39 is 0 Å². The van der Waals surface area contributed by atoms with Crippen molar-refractivity contribution in [2.75, 3.05) is 25.0 Å². The molecule has 0 aliphatic rings. The number of ether oxygens (including phenoxy) is 1. The fourth-order valence-electron chi connectivity index (χ4n) is 3.48. The van der Waals surface area contributed by atoms with Crippen LogP contribution < -0.4 is 5.32 Å². The molecule has 8 heteroatoms. The van der Waals surface area contributed by atoms with Crippen LogP contribution in [-0.2, 0) is 26.3 Å². The molecule has 35 heavy (non-hydrogen) atoms. The minimum atomic E-state index is -0.316. The minimum absolute atomic E-state index is 0.0834. The van der Waals surface area contributed by atoms with E-state index in [2.05, 4.69) is 26.1 Å². The van der Waals surface area contributed by atoms with E-state index >= 15 is 0 Å². The van der Waals surface area contributed by atoms with Crippen LogP contribution in [0.15, 0.2) is 60.7 Å². The lowest BCUT2D eigenvalue weighted by Gasteiger charge is -2.21. The molecule has 186 valence electrons. The average molecular weight is 497 g/mol. The van der Waals surface area contributed by atoms with Gasteiger partial charge in [0, 0.05) is 18.0 Å². The maximum atomic E-state index is 13.0. The molecule has 0 saturated carbocycles. The topological polar surface area (TPSA) is 76.5 Å². The van der Waals surface area contributed by atoms with Crippen LogP contribution in [0, 0.1) is 0 Å². The number of hydrogen-bond acceptors (Lipinski definition) is 4. The number of hydrogen-bond donors (Lipinski definition) is 1. The molecule has 0 unspecified atom stereocenters. The molecule has 0 bridgehead atoms. The summed E-state index contributed by atoms with van der Waals surface area (Å²) in [5, 5.41) is 8.14. The van der Waals surface area contributed by atoms with Gasteiger partial charge in [0.05, 0.1) is 29.6 Å². The molecule has 0 fully saturated rings. The van der Waals surface area contributed by atoms with E-state index in [9.17, 15) is 9.59 Å². The molecule has 7 nitrogen and oxygen atoms in total. The minimum Gasteiger partial charge on any atom is -0.367 e. The van der Waals surface area contributed by atoms with Crippen LogP contribution in [0.3, 0.4) is 0 Å². The number of carbonyl (C=O) groups is 2. The van der Waals surface area contributed by atoms with Crippen molar-refractivity contribution < 1.29 is 14.3 Å². The van der Waals surface area contributed by atoms with Crippen LogP contribution in [0.5, 0.6) is 0 Å². The Morgan fingerprint density at radius 3 is 2.43 bits per heavy atom. The summed E-state index contributed by atoms with van der Waals surface area (Å²) in [6.45, 7) is 8.74. The van der Waals surface area contributed by atoms with Crippen molar-refractivity contribution in [3.8, 4) is 5.69 Å². The lowest BCUT2D eigenvalue weighted by atomic mass is 9.92. The second-order valence-electron chi connectivity index (χ2n) is 9.37. The second-order valence-corrected chi connectivity index (χ2v) is 9.78. The maximum absolute atomic E-state index is 13.0. The molecule has 2 amide bonds. The van der Waals surface area contributed by atoms with Crippen molar-refractivity contribution >= 4 is 29.2 Å². The van der Waals surface area contributed by atoms with E-state index in [1.807, 2.05) is 61.5 Å². The number of nitrogens with one attached hydrogen (secondary N) is 1. The first-order valence-electron chi connectivity index (χ1n) is 11.7. The van der Waals surface area contributed by atoms with E-state index in [1.54, 1.807) is 10.7 Å². The molecule has 0 aliphatic heterocycles. The van der Waals surface area contributed by atoms with Gasteiger partial charge in [0.2, 0.25) is 11.8 Å². The largest absolute Gasteiger partial charge is 0.367 e. The lowest BCUT2D eigenvalue weighted by Crippen LogP contribution is -2.40. The molecule has 0 saturated heterocycles. The number of aromatic nitrogens is 2. The van der Waals surface area contributed by atoms with Crippen LogP contribution in [-0.4, -0.2) is 46.2 Å². The molecule has 0 atom stereocenters. The molecule has 0 aliphatic carbocycles. The highest BCUT2D eigenvalue weighted by molar-refractivity contribution is 6.32. The zero-order valence-corrected chi connectivity index (χ0v) is 21.5. The summed E-state index contributed by atoms with van der Waals surface area (Å²) in [4.78, 5) is 27.3. The first-order chi connectivity index (χ1) is 16.7. The molecule has 3 aromatic rings. The summed E-state index contributed by atoms with van der Waals surface area (Å²) in [5.74, 6) is -0.0475. The highest BCUT2D eigenvalue weighted by Gasteiger charge is 2.23. The Labute approximate surface area is 212 Å². The Morgan fingerprint density at radius 2 is 1.77 bits per heavy atom. The Morgan fingerprint density at radius 1 is 1.09 bits per heavy atom. The average Bonchev–Trinajstić information content (AvgIpc) is 3.23. The predicted octanol–water partition coefficient (Wildman–Crippen LogP) is 5.22. The third-order valence-electron chi connectivity index (χ3n) is 5.34. The van der Waals surface area contributed by atoms with Gasteiger partial charge >= 0.3 is 0 Å². The van der Waals surface area contributed by atoms with Gasteiger partial charge in [-0.3, -0.25) is 9.59 Å². The van der Waals surface area contributed by atoms with Crippen molar-refractivity contribution in [1.82, 2.24) is 14.7 Å². The van der Waals surface area contributed by atoms with E-state index in [0.717, 1.165) is 17.7 Å². The van der Waals surface area contributed by atoms with Gasteiger partial charge in [0.25, 0.3) is 0 Å². The van der Waals surface area contributed by atoms with E-state index in [-0.39, 0.29) is 30.4 Å². The van der Waals surface area contributed by atoms with Crippen molar-refractivity contribution in [2.24, 2.45) is 0 Å². The van der Waals surface area contributed by atoms with Gasteiger partial charge in [-0.15, -0.1) is 0 Å². The highest BCUT2D eigenvalue weighted by atomic mass is 35.5. The summed E-state index contributed by atoms with van der Waals surface area (Å²) in [5.41, 5.74) is 2.23. The van der Waals surface area contributed by atoms with Gasteiger partial charge in [-0.1, -0.05) is 81.8 Å². The molecular formula is C27H33ClN4O3. The zero-order chi connectivity index (χ0) is 25.4. The first-order valence-corrected chi connectivity index (χ1v) is 12.1. The number of carbonyl (C=O) groups excluding carboxylic acids is 2. The predicted molar refractivity (Wildman–Crippen MR) is 139 cm³/mol. The normalized spacial score (nSPS) is 11.3. The van der Waals surface area contributed by atoms with Gasteiger partial charge < -0.3 is 15.0 Å². The highest BCUT2D eigenvalue weighted by Crippen LogP contribution is 2.29. The Hall–Kier alpha value is -3.16. The number of amides is 2. The van der Waals surface area contributed by atoms with Gasteiger partial charge in [-0.25, -0.2) is 4.68 Å². The summed E-state index contributed by atoms with van der Waals surface area (Å²) in [7, 11) is 0. The third-order valence-corrected chi connectivity index (χ3v) is 5.66. The van der Waals surface area contributed by atoms with Crippen LogP contribution in [0.4, 0.5) is 5.82 Å². The monoisotopic (exact) mass is 496 g/mol. The number of nitrogens with zero attached hydrogens (tertiary/aromatic N) is 3. The number of halogens is 1. The fraction of sp³-hybridized carbons (Fsp3) is 0.370. The summed E-state index contributed by atoms with van der Waals surface area (Å²) >= 11 is 6.41. The van der Waals surface area contributed by atoms with Gasteiger partial charge in [0.15, 0.2) is 0 Å². The quantitative estimate of drug-likeness (QED) is 0.417. The Balaban J connectivity index is 1.70. The molecule has 0 radical (unpaired) electrons. The standard InChI is InChI=1S/C27H33ClN4O3/c1-5-15-31(26(34)19-35-18-20-11-7-6-8-12-20)17-25(33)29-24-16-23(27(2,3)4)30-32(24)22-14-10-9-13-21(22)28/h6-14,16H,5,15,17-19H2,1-4H3,(H,29,33). The van der Waals surface area contributed by atoms with Crippen LogP contribution >= 0.6 is 11.6 Å². The number of anilines is 1. The van der Waals surface area contributed by atoms with Crippen molar-refractivity contribution in [3.05, 3.63) is 76.9 Å². The zero-order valence-electron chi connectivity index (χ0n) is 20.8. The first kappa shape index (κ1) is 26.4. The van der Waals surface area contributed by atoms with E-state index in [0.29, 0.717) is 29.7 Å². The van der Waals surface area contributed by atoms with Crippen molar-refractivity contribution in [3.63, 3.8) is 0 Å². The molecular weight excluding hydrogens is 464 g/mol. The molecule has 0 spiro atoms. The SMILES string of the molecule is CCCN(CC(=O)Nc1cc(C(C)(C)C)nn1-c1ccccc1Cl)C(=O)COCc1ccccc1. The fourth-order valence-corrected chi connectivity index (χ4v) is 3.70. The third kappa shape index (κ3) is 7.41. The second kappa shape index (κ2) is 12.0. The van der Waals surface area contributed by atoms with Gasteiger partial charge in [0.1, 0.15) is 12.4 Å². The lowest BCUT2D eigenvalue weighted by molar-refractivity contribution is -0.139. The smallest absolute Gasteiger partial charge is 0.249 e. The Bertz CT molecular complexity index is 1140. The summed E-state index contributed by atoms with van der Waals surface area (Å²) in [6, 6.07) is 18.8. The molecule has 1 aromatic heterocycles. The number of para-hydroxylation sites is 1. The van der Waals surface area contributed by atoms with Crippen LogP contribution in [0.25, 0.3) is 5.69 Å². The van der Waals surface area contributed by atoms with E-state index in [1.165, 1.54) is 4.90 Å². The number of rotatable bonds is 10. The van der Waals surface area contributed by atoms with Crippen molar-refractivity contribution in [2.45, 2.75) is 46.1 Å². The van der Waals surface area contributed by atoms with E-state index in [4.69, 9.17) is 21.4 Å². The number of benzene rings is 2. The molecule has 2 aromatic carbocycles.